The molecule has 1 aromatic rings. The smallest absolute Gasteiger partial charge is 0.209 e. The van der Waals surface area contributed by atoms with E-state index >= 15 is 0 Å². The van der Waals surface area contributed by atoms with E-state index in [2.05, 4.69) is 56.5 Å². The van der Waals surface area contributed by atoms with Crippen LogP contribution in [0.4, 0.5) is 5.69 Å². The molecule has 2 rings (SSSR count). The summed E-state index contributed by atoms with van der Waals surface area (Å²) in [6.07, 6.45) is 1.20. The van der Waals surface area contributed by atoms with Gasteiger partial charge in [0.05, 0.1) is 5.41 Å². The van der Waals surface area contributed by atoms with E-state index in [1.807, 2.05) is 0 Å². The molecule has 0 bridgehead atoms. The van der Waals surface area contributed by atoms with Gasteiger partial charge in [0.2, 0.25) is 5.69 Å². The second-order valence-corrected chi connectivity index (χ2v) is 6.01. The lowest BCUT2D eigenvalue weighted by molar-refractivity contribution is -2.00. The molecule has 0 unspecified atom stereocenters. The first-order chi connectivity index (χ1) is 9.09. The highest BCUT2D eigenvalue weighted by molar-refractivity contribution is 5.93. The number of hydrogen-bond donors (Lipinski definition) is 0. The monoisotopic (exact) mass is 301 g/mol. The average Bonchev–Trinajstić information content (AvgIpc) is 2.50. The molecule has 0 saturated carbocycles. The van der Waals surface area contributed by atoms with Crippen LogP contribution in [0, 0.1) is 10.2 Å². The highest BCUT2D eigenvalue weighted by atomic mass is 35.7. The molecule has 0 aromatic heterocycles. The molecule has 1 heterocycles. The van der Waals surface area contributed by atoms with Crippen molar-refractivity contribution in [2.75, 3.05) is 6.54 Å². The van der Waals surface area contributed by atoms with Gasteiger partial charge in [-0.3, -0.25) is 0 Å². The van der Waals surface area contributed by atoms with Crippen LogP contribution in [0.1, 0.15) is 39.7 Å². The van der Waals surface area contributed by atoms with Crippen LogP contribution in [0.15, 0.2) is 24.3 Å². The van der Waals surface area contributed by atoms with Crippen LogP contribution in [0.5, 0.6) is 0 Å². The Labute approximate surface area is 121 Å². The Hall–Kier alpha value is -0.980. The van der Waals surface area contributed by atoms with Crippen molar-refractivity contribution in [3.05, 3.63) is 29.8 Å². The van der Waals surface area contributed by atoms with Crippen molar-refractivity contribution in [3.8, 4) is 0 Å². The minimum absolute atomic E-state index is 0.200. The molecule has 6 heteroatoms. The summed E-state index contributed by atoms with van der Waals surface area (Å²) in [6, 6.07) is 8.78. The minimum Gasteiger partial charge on any atom is -0.222 e. The van der Waals surface area contributed by atoms with Crippen molar-refractivity contribution >= 4 is 11.4 Å². The van der Waals surface area contributed by atoms with Crippen LogP contribution < -0.4 is 18.6 Å². The number of rotatable bonds is 2. The lowest BCUT2D eigenvalue weighted by Gasteiger charge is -2.17. The second kappa shape index (κ2) is 6.20. The molecular weight excluding hydrogens is 282 g/mol. The van der Waals surface area contributed by atoms with Crippen LogP contribution in [0.3, 0.4) is 0 Å². The molecule has 0 radical (unpaired) electrons. The lowest BCUT2D eigenvalue weighted by atomic mass is 9.82. The lowest BCUT2D eigenvalue weighted by Crippen LogP contribution is -2.68. The standard InChI is InChI=1S/C14H20N.ClHO4/c1-5-10-15-11(2)14(3,4)12-8-6-7-9-13(12)15;2-1(3,4)5/h6-9H,5,10H2,1-4H3;(H,2,3,4,5)/q+1;/p-1. The molecule has 20 heavy (non-hydrogen) atoms. The average molecular weight is 302 g/mol. The van der Waals surface area contributed by atoms with E-state index in [-0.39, 0.29) is 5.41 Å². The Morgan fingerprint density at radius 1 is 1.10 bits per heavy atom. The third-order valence-electron chi connectivity index (χ3n) is 3.62. The summed E-state index contributed by atoms with van der Waals surface area (Å²) in [6.45, 7) is 10.3. The van der Waals surface area contributed by atoms with E-state index in [4.69, 9.17) is 18.6 Å². The molecule has 1 aliphatic heterocycles. The fourth-order valence-electron chi connectivity index (χ4n) is 2.46. The first-order valence-corrected chi connectivity index (χ1v) is 7.65. The molecule has 0 saturated heterocycles. The van der Waals surface area contributed by atoms with Crippen LogP contribution in [0.25, 0.3) is 0 Å². The van der Waals surface area contributed by atoms with Crippen LogP contribution in [-0.4, -0.2) is 16.8 Å². The Kier molecular flexibility index (Phi) is 5.29. The zero-order valence-electron chi connectivity index (χ0n) is 12.2. The predicted octanol–water partition coefficient (Wildman–Crippen LogP) is -1.26. The number of fused-ring (bicyclic) bond motifs is 1. The normalized spacial score (nSPS) is 16.6. The first-order valence-electron chi connectivity index (χ1n) is 6.42. The zero-order chi connectivity index (χ0) is 15.6. The SMILES string of the molecule is CCC[N+]1=C(C)C(C)(C)c2ccccc21.[O-][Cl+3]([O-])([O-])[O-]. The van der Waals surface area contributed by atoms with Crippen LogP contribution >= 0.6 is 0 Å². The van der Waals surface area contributed by atoms with Crippen LogP contribution in [-0.2, 0) is 5.41 Å². The van der Waals surface area contributed by atoms with Gasteiger partial charge in [-0.05, 0) is 13.8 Å². The number of halogens is 1. The molecule has 0 fully saturated rings. The van der Waals surface area contributed by atoms with E-state index in [1.54, 1.807) is 0 Å². The number of benzene rings is 1. The maximum Gasteiger partial charge on any atom is 0.209 e. The Balaban J connectivity index is 0.000000347. The van der Waals surface area contributed by atoms with E-state index in [0.717, 1.165) is 6.54 Å². The van der Waals surface area contributed by atoms with E-state index in [9.17, 15) is 0 Å². The summed E-state index contributed by atoms with van der Waals surface area (Å²) in [7, 11) is -4.94. The molecule has 0 spiro atoms. The first kappa shape index (κ1) is 17.1. The molecule has 5 nitrogen and oxygen atoms in total. The molecule has 0 aliphatic carbocycles. The summed E-state index contributed by atoms with van der Waals surface area (Å²) < 4.78 is 36.4. The van der Waals surface area contributed by atoms with Gasteiger partial charge in [-0.15, -0.1) is 10.2 Å². The molecule has 112 valence electrons. The van der Waals surface area contributed by atoms with Gasteiger partial charge in [-0.25, -0.2) is 18.6 Å². The van der Waals surface area contributed by atoms with E-state index in [0.29, 0.717) is 0 Å². The highest BCUT2D eigenvalue weighted by Crippen LogP contribution is 2.38. The van der Waals surface area contributed by atoms with Gasteiger partial charge in [0.1, 0.15) is 6.54 Å². The molecule has 1 aromatic carbocycles. The summed E-state index contributed by atoms with van der Waals surface area (Å²) in [5, 5.41) is 0. The molecular formula is C14H20ClNO4. The van der Waals surface area contributed by atoms with Gasteiger partial charge >= 0.3 is 0 Å². The predicted molar refractivity (Wildman–Crippen MR) is 65.2 cm³/mol. The highest BCUT2D eigenvalue weighted by Gasteiger charge is 2.42. The molecule has 1 aliphatic rings. The van der Waals surface area contributed by atoms with Crippen molar-refractivity contribution in [3.63, 3.8) is 0 Å². The Morgan fingerprint density at radius 2 is 1.60 bits per heavy atom. The third kappa shape index (κ3) is 4.01. The van der Waals surface area contributed by atoms with Crippen LogP contribution in [0.2, 0.25) is 0 Å². The van der Waals surface area contributed by atoms with E-state index in [1.165, 1.54) is 23.4 Å². The molecule has 0 atom stereocenters. The zero-order valence-corrected chi connectivity index (χ0v) is 12.9. The van der Waals surface area contributed by atoms with Gasteiger partial charge < -0.3 is 0 Å². The topological polar surface area (TPSA) is 95.2 Å². The molecule has 0 amide bonds. The van der Waals surface area contributed by atoms with Crippen molar-refractivity contribution in [1.29, 1.82) is 0 Å². The summed E-state index contributed by atoms with van der Waals surface area (Å²) >= 11 is 0. The molecule has 0 N–H and O–H groups in total. The second-order valence-electron chi connectivity index (χ2n) is 5.26. The van der Waals surface area contributed by atoms with Gasteiger partial charge in [-0.2, -0.15) is 4.58 Å². The number of nitrogens with zero attached hydrogens (tertiary/aromatic N) is 1. The minimum atomic E-state index is -4.94. The maximum absolute atomic E-state index is 8.49. The Bertz CT molecular complexity index is 500. The number of hydrogen-bond acceptors (Lipinski definition) is 4. The maximum atomic E-state index is 8.49. The van der Waals surface area contributed by atoms with Gasteiger partial charge in [-0.1, -0.05) is 25.1 Å². The fraction of sp³-hybridized carbons (Fsp3) is 0.500. The number of para-hydroxylation sites is 1. The Morgan fingerprint density at radius 3 is 2.10 bits per heavy atom. The summed E-state index contributed by atoms with van der Waals surface area (Å²) in [5.74, 6) is 0. The third-order valence-corrected chi connectivity index (χ3v) is 3.62. The van der Waals surface area contributed by atoms with E-state index < -0.39 is 10.2 Å². The largest absolute Gasteiger partial charge is 0.222 e. The van der Waals surface area contributed by atoms with Gasteiger partial charge in [0.15, 0.2) is 5.71 Å². The van der Waals surface area contributed by atoms with Gasteiger partial charge in [0.25, 0.3) is 0 Å². The summed E-state index contributed by atoms with van der Waals surface area (Å²) in [5.41, 5.74) is 4.55. The van der Waals surface area contributed by atoms with Gasteiger partial charge in [0, 0.05) is 25.0 Å². The van der Waals surface area contributed by atoms with Crippen molar-refractivity contribution in [2.45, 2.75) is 39.5 Å². The summed E-state index contributed by atoms with van der Waals surface area (Å²) in [4.78, 5) is 0. The fourth-order valence-corrected chi connectivity index (χ4v) is 2.46. The quantitative estimate of drug-likeness (QED) is 0.637. The van der Waals surface area contributed by atoms with Crippen molar-refractivity contribution in [2.24, 2.45) is 0 Å². The van der Waals surface area contributed by atoms with Crippen molar-refractivity contribution in [1.82, 2.24) is 0 Å². The van der Waals surface area contributed by atoms with Crippen molar-refractivity contribution < 1.29 is 33.5 Å².